The number of thiophene rings is 1. The van der Waals surface area contributed by atoms with Crippen LogP contribution in [0.5, 0.6) is 5.75 Å². The van der Waals surface area contributed by atoms with Crippen molar-refractivity contribution in [2.45, 2.75) is 48.5 Å². The molecule has 3 aromatic rings. The molecule has 2 fully saturated rings. The number of nitrogens with zero attached hydrogens (tertiary/aromatic N) is 2. The number of amides is 2. The number of fused-ring (bicyclic) bond motifs is 1. The molecule has 11 heteroatoms. The number of ether oxygens (including phenoxy) is 1. The Balaban J connectivity index is 1.25. The maximum Gasteiger partial charge on any atom is 0.250 e. The van der Waals surface area contributed by atoms with Gasteiger partial charge in [-0.05, 0) is 67.0 Å². The van der Waals surface area contributed by atoms with Crippen molar-refractivity contribution in [2.75, 3.05) is 20.2 Å². The molecule has 2 aromatic carbocycles. The van der Waals surface area contributed by atoms with E-state index in [-0.39, 0.29) is 28.6 Å². The normalized spacial score (nSPS) is 18.3. The fraction of sp³-hybridized carbons (Fsp3) is 0.385. The Morgan fingerprint density at radius 2 is 1.92 bits per heavy atom. The van der Waals surface area contributed by atoms with Crippen LogP contribution in [-0.4, -0.2) is 62.3 Å². The van der Waals surface area contributed by atoms with E-state index in [1.54, 1.807) is 31.4 Å². The molecule has 2 aliphatic rings. The van der Waals surface area contributed by atoms with Crippen LogP contribution in [0.15, 0.2) is 52.7 Å². The largest absolute Gasteiger partial charge is 0.497 e. The van der Waals surface area contributed by atoms with Crippen molar-refractivity contribution < 1.29 is 22.7 Å². The van der Waals surface area contributed by atoms with Gasteiger partial charge in [-0.25, -0.2) is 8.42 Å². The van der Waals surface area contributed by atoms with Crippen molar-refractivity contribution in [3.05, 3.63) is 59.1 Å². The van der Waals surface area contributed by atoms with E-state index in [0.717, 1.165) is 45.6 Å². The lowest BCUT2D eigenvalue weighted by Gasteiger charge is -2.33. The van der Waals surface area contributed by atoms with Gasteiger partial charge < -0.3 is 14.5 Å². The summed E-state index contributed by atoms with van der Waals surface area (Å²) in [6.45, 7) is 0.817. The van der Waals surface area contributed by atoms with Gasteiger partial charge in [-0.15, -0.1) is 11.3 Å². The standard InChI is InChI=1S/C26H28ClN3O5S2/c1-35-21-10-4-17(5-11-21)15-30(20-8-9-20)24(31)16-29-12-2-3-22(26(29)32)28-37(33,34)25-13-18-6-7-19(27)14-23(18)36-25/h4-7,10-11,13-14,20,22,28H,2-3,8-9,12,15-16H2,1H3/t22-/m0/s1. The fourth-order valence-electron chi connectivity index (χ4n) is 4.55. The summed E-state index contributed by atoms with van der Waals surface area (Å²) in [4.78, 5) is 29.8. The van der Waals surface area contributed by atoms with Gasteiger partial charge in [0.1, 0.15) is 16.0 Å². The number of methoxy groups -OCH3 is 1. The van der Waals surface area contributed by atoms with Gasteiger partial charge in [-0.3, -0.25) is 9.59 Å². The summed E-state index contributed by atoms with van der Waals surface area (Å²) in [6.07, 6.45) is 2.88. The zero-order valence-corrected chi connectivity index (χ0v) is 22.7. The second kappa shape index (κ2) is 10.6. The Morgan fingerprint density at radius 1 is 1.16 bits per heavy atom. The number of rotatable bonds is 9. The Kier molecular flexibility index (Phi) is 7.44. The average molecular weight is 562 g/mol. The fourth-order valence-corrected chi connectivity index (χ4v) is 7.47. The quantitative estimate of drug-likeness (QED) is 0.426. The van der Waals surface area contributed by atoms with Crippen LogP contribution in [0.4, 0.5) is 0 Å². The summed E-state index contributed by atoms with van der Waals surface area (Å²) in [5.74, 6) is 0.254. The van der Waals surface area contributed by atoms with Gasteiger partial charge in [0.05, 0.1) is 13.7 Å². The monoisotopic (exact) mass is 561 g/mol. The van der Waals surface area contributed by atoms with E-state index in [0.29, 0.717) is 31.0 Å². The summed E-state index contributed by atoms with van der Waals surface area (Å²) < 4.78 is 34.9. The molecule has 5 rings (SSSR count). The molecule has 0 radical (unpaired) electrons. The number of hydrogen-bond donors (Lipinski definition) is 1. The first-order valence-corrected chi connectivity index (χ1v) is 14.8. The van der Waals surface area contributed by atoms with Crippen LogP contribution in [-0.2, 0) is 26.2 Å². The molecule has 37 heavy (non-hydrogen) atoms. The molecule has 2 amide bonds. The zero-order valence-electron chi connectivity index (χ0n) is 20.4. The lowest BCUT2D eigenvalue weighted by atomic mass is 10.1. The predicted molar refractivity (Wildman–Crippen MR) is 143 cm³/mol. The van der Waals surface area contributed by atoms with E-state index in [2.05, 4.69) is 4.72 Å². The SMILES string of the molecule is COc1ccc(CN(C(=O)CN2CCC[C@H](NS(=O)(=O)c3cc4ccc(Cl)cc4s3)C2=O)C2CC2)cc1. The first kappa shape index (κ1) is 26.0. The van der Waals surface area contributed by atoms with Gasteiger partial charge >= 0.3 is 0 Å². The molecule has 1 aromatic heterocycles. The van der Waals surface area contributed by atoms with E-state index >= 15 is 0 Å². The molecular weight excluding hydrogens is 534 g/mol. The van der Waals surface area contributed by atoms with Crippen molar-refractivity contribution in [2.24, 2.45) is 0 Å². The van der Waals surface area contributed by atoms with Crippen LogP contribution in [0.1, 0.15) is 31.2 Å². The van der Waals surface area contributed by atoms with Gasteiger partial charge in [0, 0.05) is 28.9 Å². The van der Waals surface area contributed by atoms with Gasteiger partial charge in [0.2, 0.25) is 11.8 Å². The van der Waals surface area contributed by atoms with Crippen molar-refractivity contribution in [1.82, 2.24) is 14.5 Å². The highest BCUT2D eigenvalue weighted by atomic mass is 35.5. The first-order chi connectivity index (χ1) is 17.7. The summed E-state index contributed by atoms with van der Waals surface area (Å²) in [7, 11) is -2.31. The number of carbonyl (C=O) groups is 2. The number of likely N-dealkylation sites (tertiary alicyclic amines) is 1. The van der Waals surface area contributed by atoms with E-state index in [9.17, 15) is 18.0 Å². The molecular formula is C26H28ClN3O5S2. The second-order valence-corrected chi connectivity index (χ2v) is 12.9. The topological polar surface area (TPSA) is 96.0 Å². The molecule has 2 heterocycles. The van der Waals surface area contributed by atoms with Crippen LogP contribution in [0.25, 0.3) is 10.1 Å². The van der Waals surface area contributed by atoms with Crippen LogP contribution < -0.4 is 9.46 Å². The number of nitrogens with one attached hydrogen (secondary N) is 1. The first-order valence-electron chi connectivity index (χ1n) is 12.2. The van der Waals surface area contributed by atoms with Crippen LogP contribution in [0.2, 0.25) is 5.02 Å². The smallest absolute Gasteiger partial charge is 0.250 e. The number of carbonyl (C=O) groups excluding carboxylic acids is 2. The van der Waals surface area contributed by atoms with E-state index in [1.165, 1.54) is 4.90 Å². The van der Waals surface area contributed by atoms with Gasteiger partial charge in [0.15, 0.2) is 0 Å². The van der Waals surface area contributed by atoms with Gasteiger partial charge in [-0.2, -0.15) is 4.72 Å². The zero-order chi connectivity index (χ0) is 26.2. The Morgan fingerprint density at radius 3 is 2.62 bits per heavy atom. The highest BCUT2D eigenvalue weighted by molar-refractivity contribution is 7.91. The molecule has 0 bridgehead atoms. The number of sulfonamides is 1. The number of piperidine rings is 1. The van der Waals surface area contributed by atoms with Gasteiger partial charge in [0.25, 0.3) is 10.0 Å². The molecule has 0 unspecified atom stereocenters. The van der Waals surface area contributed by atoms with Crippen molar-refractivity contribution in [3.63, 3.8) is 0 Å². The molecule has 196 valence electrons. The summed E-state index contributed by atoms with van der Waals surface area (Å²) in [5.41, 5.74) is 0.987. The minimum atomic E-state index is -3.91. The Hall–Kier alpha value is -2.66. The number of halogens is 1. The van der Waals surface area contributed by atoms with Crippen molar-refractivity contribution >= 4 is 54.9 Å². The van der Waals surface area contributed by atoms with Crippen molar-refractivity contribution in [3.8, 4) is 5.75 Å². The summed E-state index contributed by atoms with van der Waals surface area (Å²) >= 11 is 7.14. The highest BCUT2D eigenvalue weighted by Crippen LogP contribution is 2.32. The molecule has 1 N–H and O–H groups in total. The average Bonchev–Trinajstić information content (AvgIpc) is 3.62. The van der Waals surface area contributed by atoms with E-state index in [1.807, 2.05) is 29.2 Å². The summed E-state index contributed by atoms with van der Waals surface area (Å²) in [6, 6.07) is 13.6. The highest BCUT2D eigenvalue weighted by Gasteiger charge is 2.37. The van der Waals surface area contributed by atoms with Crippen LogP contribution in [0, 0.1) is 0 Å². The lowest BCUT2D eigenvalue weighted by Crippen LogP contribution is -2.54. The number of benzene rings is 2. The molecule has 1 saturated heterocycles. The molecule has 0 spiro atoms. The van der Waals surface area contributed by atoms with E-state index < -0.39 is 16.1 Å². The summed E-state index contributed by atoms with van der Waals surface area (Å²) in [5, 5.41) is 1.30. The predicted octanol–water partition coefficient (Wildman–Crippen LogP) is 4.02. The minimum absolute atomic E-state index is 0.0644. The Labute approximate surface area is 225 Å². The van der Waals surface area contributed by atoms with Crippen LogP contribution >= 0.6 is 22.9 Å². The van der Waals surface area contributed by atoms with Crippen LogP contribution in [0.3, 0.4) is 0 Å². The Bertz CT molecular complexity index is 1420. The molecule has 1 atom stereocenters. The van der Waals surface area contributed by atoms with Crippen molar-refractivity contribution in [1.29, 1.82) is 0 Å². The maximum absolute atomic E-state index is 13.3. The third-order valence-corrected chi connectivity index (χ3v) is 9.98. The minimum Gasteiger partial charge on any atom is -0.497 e. The molecule has 8 nitrogen and oxygen atoms in total. The third-order valence-electron chi connectivity index (χ3n) is 6.70. The lowest BCUT2D eigenvalue weighted by molar-refractivity contribution is -0.143. The maximum atomic E-state index is 13.3. The number of hydrogen-bond acceptors (Lipinski definition) is 6. The molecule has 1 aliphatic carbocycles. The molecule has 1 aliphatic heterocycles. The third kappa shape index (κ3) is 5.93. The molecule has 1 saturated carbocycles. The second-order valence-electron chi connectivity index (χ2n) is 9.42. The van der Waals surface area contributed by atoms with E-state index in [4.69, 9.17) is 16.3 Å². The van der Waals surface area contributed by atoms with Gasteiger partial charge in [-0.1, -0.05) is 29.8 Å².